The van der Waals surface area contributed by atoms with E-state index in [0.29, 0.717) is 12.8 Å². The van der Waals surface area contributed by atoms with Gasteiger partial charge in [0.1, 0.15) is 9.84 Å². The minimum absolute atomic E-state index is 0.0737. The first kappa shape index (κ1) is 18.6. The molecule has 1 atom stereocenters. The molecule has 2 heterocycles. The predicted molar refractivity (Wildman–Crippen MR) is 101 cm³/mol. The lowest BCUT2D eigenvalue weighted by molar-refractivity contribution is -0.125. The summed E-state index contributed by atoms with van der Waals surface area (Å²) >= 11 is 0. The summed E-state index contributed by atoms with van der Waals surface area (Å²) in [6.07, 6.45) is 2.60. The number of aromatic nitrogens is 2. The molecule has 1 N–H and O–H groups in total. The van der Waals surface area contributed by atoms with Gasteiger partial charge in [0, 0.05) is 17.2 Å². The summed E-state index contributed by atoms with van der Waals surface area (Å²) in [5, 5.41) is 7.52. The van der Waals surface area contributed by atoms with Crippen LogP contribution in [0.5, 0.6) is 0 Å². The Balaban J connectivity index is 1.72. The van der Waals surface area contributed by atoms with Crippen LogP contribution in [0, 0.1) is 19.8 Å². The number of nitrogens with one attached hydrogen (secondary N) is 1. The molecule has 1 aromatic heterocycles. The van der Waals surface area contributed by atoms with E-state index in [-0.39, 0.29) is 29.4 Å². The maximum atomic E-state index is 12.5. The normalized spacial score (nSPS) is 18.4. The number of para-hydroxylation sites is 1. The first-order valence-corrected chi connectivity index (χ1v) is 10.7. The maximum Gasteiger partial charge on any atom is 0.223 e. The molecule has 1 amide bonds. The van der Waals surface area contributed by atoms with Gasteiger partial charge in [-0.15, -0.1) is 0 Å². The molecule has 0 aliphatic carbocycles. The standard InChI is InChI=1S/C19H25N3O3S/c1-13-6-4-5-7-18(13)22-15(3)17(12-20-22)14(2)21-19(23)16-8-10-26(24,25)11-9-16/h4-7,12,14,16H,8-11H2,1-3H3,(H,21,23)/t14-/m0/s1. The fourth-order valence-corrected chi connectivity index (χ4v) is 4.94. The summed E-state index contributed by atoms with van der Waals surface area (Å²) in [5.41, 5.74) is 4.10. The van der Waals surface area contributed by atoms with Crippen molar-refractivity contribution in [3.63, 3.8) is 0 Å². The molecule has 6 nitrogen and oxygen atoms in total. The van der Waals surface area contributed by atoms with Crippen molar-refractivity contribution in [2.75, 3.05) is 11.5 Å². The van der Waals surface area contributed by atoms with Gasteiger partial charge in [-0.1, -0.05) is 18.2 Å². The zero-order chi connectivity index (χ0) is 18.9. The van der Waals surface area contributed by atoms with Crippen LogP contribution in [0.3, 0.4) is 0 Å². The van der Waals surface area contributed by atoms with E-state index in [0.717, 1.165) is 22.5 Å². The van der Waals surface area contributed by atoms with Crippen LogP contribution >= 0.6 is 0 Å². The summed E-state index contributed by atoms with van der Waals surface area (Å²) in [7, 11) is -2.96. The molecule has 1 aliphatic rings. The number of rotatable bonds is 4. The maximum absolute atomic E-state index is 12.5. The van der Waals surface area contributed by atoms with Gasteiger partial charge in [0.05, 0.1) is 29.4 Å². The number of amides is 1. The molecule has 0 spiro atoms. The summed E-state index contributed by atoms with van der Waals surface area (Å²) in [5.74, 6) is -0.101. The number of hydrogen-bond donors (Lipinski definition) is 1. The second-order valence-electron chi connectivity index (χ2n) is 7.04. The van der Waals surface area contributed by atoms with E-state index in [9.17, 15) is 13.2 Å². The number of benzene rings is 1. The molecule has 26 heavy (non-hydrogen) atoms. The smallest absolute Gasteiger partial charge is 0.223 e. The highest BCUT2D eigenvalue weighted by Crippen LogP contribution is 2.24. The van der Waals surface area contributed by atoms with Gasteiger partial charge < -0.3 is 5.32 Å². The van der Waals surface area contributed by atoms with Crippen molar-refractivity contribution in [2.45, 2.75) is 39.7 Å². The van der Waals surface area contributed by atoms with Crippen LogP contribution in [0.4, 0.5) is 0 Å². The molecular formula is C19H25N3O3S. The van der Waals surface area contributed by atoms with Crippen molar-refractivity contribution >= 4 is 15.7 Å². The van der Waals surface area contributed by atoms with Crippen molar-refractivity contribution in [3.05, 3.63) is 47.3 Å². The summed E-state index contributed by atoms with van der Waals surface area (Å²) in [4.78, 5) is 12.5. The van der Waals surface area contributed by atoms with Gasteiger partial charge in [-0.3, -0.25) is 4.79 Å². The van der Waals surface area contributed by atoms with E-state index in [1.165, 1.54) is 0 Å². The lowest BCUT2D eigenvalue weighted by Gasteiger charge is -2.23. The number of sulfone groups is 1. The Morgan fingerprint density at radius 2 is 1.88 bits per heavy atom. The van der Waals surface area contributed by atoms with Crippen molar-refractivity contribution in [1.29, 1.82) is 0 Å². The second kappa shape index (κ2) is 7.23. The van der Waals surface area contributed by atoms with Gasteiger partial charge in [-0.25, -0.2) is 13.1 Å². The quantitative estimate of drug-likeness (QED) is 0.890. The molecule has 0 unspecified atom stereocenters. The average molecular weight is 375 g/mol. The van der Waals surface area contributed by atoms with Crippen LogP contribution in [0.25, 0.3) is 5.69 Å². The minimum Gasteiger partial charge on any atom is -0.349 e. The van der Waals surface area contributed by atoms with Crippen molar-refractivity contribution in [2.24, 2.45) is 5.92 Å². The highest BCUT2D eigenvalue weighted by molar-refractivity contribution is 7.91. The third-order valence-electron chi connectivity index (χ3n) is 5.14. The molecule has 1 aromatic carbocycles. The van der Waals surface area contributed by atoms with Crippen LogP contribution < -0.4 is 5.32 Å². The SMILES string of the molecule is Cc1ccccc1-n1ncc([C@H](C)NC(=O)C2CCS(=O)(=O)CC2)c1C. The van der Waals surface area contributed by atoms with Crippen LogP contribution in [0.15, 0.2) is 30.5 Å². The lowest BCUT2D eigenvalue weighted by Crippen LogP contribution is -2.37. The van der Waals surface area contributed by atoms with E-state index in [1.807, 2.05) is 49.7 Å². The lowest BCUT2D eigenvalue weighted by atomic mass is 10.0. The Morgan fingerprint density at radius 1 is 1.23 bits per heavy atom. The Hall–Kier alpha value is -2.15. The van der Waals surface area contributed by atoms with Gasteiger partial charge in [-0.2, -0.15) is 5.10 Å². The Labute approximate surface area is 154 Å². The molecule has 3 rings (SSSR count). The summed E-state index contributed by atoms with van der Waals surface area (Å²) in [6.45, 7) is 5.97. The zero-order valence-electron chi connectivity index (χ0n) is 15.4. The van der Waals surface area contributed by atoms with E-state index in [1.54, 1.807) is 6.20 Å². The number of aryl methyl sites for hydroxylation is 1. The molecule has 2 aromatic rings. The molecule has 140 valence electrons. The second-order valence-corrected chi connectivity index (χ2v) is 9.34. The Kier molecular flexibility index (Phi) is 5.18. The Bertz CT molecular complexity index is 904. The number of carbonyl (C=O) groups excluding carboxylic acids is 1. The van der Waals surface area contributed by atoms with Gasteiger partial charge >= 0.3 is 0 Å². The number of nitrogens with zero attached hydrogens (tertiary/aromatic N) is 2. The summed E-state index contributed by atoms with van der Waals surface area (Å²) in [6, 6.07) is 7.85. The van der Waals surface area contributed by atoms with Crippen LogP contribution in [-0.2, 0) is 14.6 Å². The topological polar surface area (TPSA) is 81.1 Å². The van der Waals surface area contributed by atoms with Gasteiger partial charge in [0.2, 0.25) is 5.91 Å². The number of hydrogen-bond acceptors (Lipinski definition) is 4. The van der Waals surface area contributed by atoms with E-state index in [4.69, 9.17) is 0 Å². The monoisotopic (exact) mass is 375 g/mol. The molecule has 0 bridgehead atoms. The first-order valence-electron chi connectivity index (χ1n) is 8.90. The molecule has 7 heteroatoms. The molecule has 1 fully saturated rings. The van der Waals surface area contributed by atoms with Gasteiger partial charge in [0.15, 0.2) is 0 Å². The van der Waals surface area contributed by atoms with Gasteiger partial charge in [-0.05, 0) is 45.2 Å². The largest absolute Gasteiger partial charge is 0.349 e. The van der Waals surface area contributed by atoms with E-state index in [2.05, 4.69) is 10.4 Å². The molecule has 0 saturated carbocycles. The third kappa shape index (κ3) is 3.82. The van der Waals surface area contributed by atoms with Crippen LogP contribution in [-0.4, -0.2) is 35.6 Å². The Morgan fingerprint density at radius 3 is 2.54 bits per heavy atom. The molecular weight excluding hydrogens is 350 g/mol. The van der Waals surface area contributed by atoms with Crippen LogP contribution in [0.1, 0.15) is 42.6 Å². The minimum atomic E-state index is -2.96. The van der Waals surface area contributed by atoms with Crippen LogP contribution in [0.2, 0.25) is 0 Å². The summed E-state index contributed by atoms with van der Waals surface area (Å²) < 4.78 is 24.9. The molecule has 1 saturated heterocycles. The van der Waals surface area contributed by atoms with Crippen molar-refractivity contribution in [3.8, 4) is 5.69 Å². The molecule has 1 aliphatic heterocycles. The molecule has 0 radical (unpaired) electrons. The first-order chi connectivity index (χ1) is 12.3. The fraction of sp³-hybridized carbons (Fsp3) is 0.474. The van der Waals surface area contributed by atoms with E-state index >= 15 is 0 Å². The third-order valence-corrected chi connectivity index (χ3v) is 6.86. The highest BCUT2D eigenvalue weighted by atomic mass is 32.2. The van der Waals surface area contributed by atoms with Crippen molar-refractivity contribution < 1.29 is 13.2 Å². The fourth-order valence-electron chi connectivity index (χ4n) is 3.45. The van der Waals surface area contributed by atoms with E-state index < -0.39 is 9.84 Å². The predicted octanol–water partition coefficient (Wildman–Crippen LogP) is 2.49. The number of carbonyl (C=O) groups is 1. The van der Waals surface area contributed by atoms with Gasteiger partial charge in [0.25, 0.3) is 0 Å². The highest BCUT2D eigenvalue weighted by Gasteiger charge is 2.29. The average Bonchev–Trinajstić information content (AvgIpc) is 2.96. The van der Waals surface area contributed by atoms with Crippen molar-refractivity contribution in [1.82, 2.24) is 15.1 Å². The zero-order valence-corrected chi connectivity index (χ0v) is 16.2.